The molecule has 1 fully saturated rings. The van der Waals surface area contributed by atoms with E-state index in [1.807, 2.05) is 24.3 Å². The van der Waals surface area contributed by atoms with Gasteiger partial charge in [0.1, 0.15) is 11.3 Å². The standard InChI is InChI=1S/C16H23N3O/c1-3-19-10-5-8-16(13-17,9-11-19)18-14-6-4-7-15(12-14)20-2/h4,6-7,12,18H,3,5,8-11H2,1-2H3. The van der Waals surface area contributed by atoms with Gasteiger partial charge in [-0.15, -0.1) is 0 Å². The molecule has 1 atom stereocenters. The van der Waals surface area contributed by atoms with Crippen LogP contribution in [0, 0.1) is 11.3 Å². The van der Waals surface area contributed by atoms with E-state index in [1.54, 1.807) is 7.11 Å². The number of nitrogens with one attached hydrogen (secondary N) is 1. The minimum atomic E-state index is -0.462. The van der Waals surface area contributed by atoms with E-state index in [1.165, 1.54) is 0 Å². The van der Waals surface area contributed by atoms with E-state index < -0.39 is 5.54 Å². The third kappa shape index (κ3) is 3.43. The Bertz CT molecular complexity index is 483. The molecule has 0 bridgehead atoms. The van der Waals surface area contributed by atoms with Crippen LogP contribution in [0.5, 0.6) is 5.75 Å². The van der Waals surface area contributed by atoms with Crippen LogP contribution in [0.25, 0.3) is 0 Å². The Labute approximate surface area is 121 Å². The van der Waals surface area contributed by atoms with Crippen molar-refractivity contribution in [1.29, 1.82) is 5.26 Å². The van der Waals surface area contributed by atoms with E-state index in [-0.39, 0.29) is 0 Å². The van der Waals surface area contributed by atoms with E-state index in [0.29, 0.717) is 0 Å². The average Bonchev–Trinajstić information content (AvgIpc) is 2.70. The molecule has 4 heteroatoms. The van der Waals surface area contributed by atoms with Crippen molar-refractivity contribution in [3.05, 3.63) is 24.3 Å². The van der Waals surface area contributed by atoms with E-state index in [0.717, 1.165) is 50.3 Å². The van der Waals surface area contributed by atoms with Crippen LogP contribution >= 0.6 is 0 Å². The summed E-state index contributed by atoms with van der Waals surface area (Å²) in [5.74, 6) is 0.812. The number of likely N-dealkylation sites (tertiary alicyclic amines) is 1. The van der Waals surface area contributed by atoms with Gasteiger partial charge in [-0.1, -0.05) is 13.0 Å². The van der Waals surface area contributed by atoms with Gasteiger partial charge in [-0.3, -0.25) is 0 Å². The molecule has 0 aliphatic carbocycles. The number of hydrogen-bond acceptors (Lipinski definition) is 4. The molecule has 4 nitrogen and oxygen atoms in total. The highest BCUT2D eigenvalue weighted by Gasteiger charge is 2.32. The lowest BCUT2D eigenvalue weighted by atomic mass is 9.92. The molecule has 0 aromatic heterocycles. The van der Waals surface area contributed by atoms with Gasteiger partial charge in [0, 0.05) is 18.3 Å². The maximum absolute atomic E-state index is 9.65. The molecule has 1 N–H and O–H groups in total. The first-order valence-corrected chi connectivity index (χ1v) is 7.27. The Morgan fingerprint density at radius 1 is 1.40 bits per heavy atom. The molecule has 1 unspecified atom stereocenters. The highest BCUT2D eigenvalue weighted by atomic mass is 16.5. The fraction of sp³-hybridized carbons (Fsp3) is 0.562. The number of nitrogens with zero attached hydrogens (tertiary/aromatic N) is 2. The highest BCUT2D eigenvalue weighted by molar-refractivity contribution is 5.51. The van der Waals surface area contributed by atoms with Crippen molar-refractivity contribution in [3.63, 3.8) is 0 Å². The molecule has 2 rings (SSSR count). The lowest BCUT2D eigenvalue weighted by Gasteiger charge is -2.28. The van der Waals surface area contributed by atoms with Crippen LogP contribution in [0.2, 0.25) is 0 Å². The summed E-state index contributed by atoms with van der Waals surface area (Å²) >= 11 is 0. The van der Waals surface area contributed by atoms with Gasteiger partial charge in [0.25, 0.3) is 0 Å². The number of nitriles is 1. The second-order valence-electron chi connectivity index (χ2n) is 5.34. The Morgan fingerprint density at radius 2 is 2.25 bits per heavy atom. The highest BCUT2D eigenvalue weighted by Crippen LogP contribution is 2.28. The fourth-order valence-electron chi connectivity index (χ4n) is 2.75. The largest absolute Gasteiger partial charge is 0.497 e. The molecule has 1 aliphatic rings. The molecule has 1 heterocycles. The van der Waals surface area contributed by atoms with Gasteiger partial charge in [-0.25, -0.2) is 0 Å². The van der Waals surface area contributed by atoms with Gasteiger partial charge in [0.2, 0.25) is 0 Å². The minimum Gasteiger partial charge on any atom is -0.497 e. The lowest BCUT2D eigenvalue weighted by Crippen LogP contribution is -2.37. The number of methoxy groups -OCH3 is 1. The predicted molar refractivity (Wildman–Crippen MR) is 80.9 cm³/mol. The van der Waals surface area contributed by atoms with E-state index >= 15 is 0 Å². The van der Waals surface area contributed by atoms with Gasteiger partial charge in [-0.05, 0) is 44.5 Å². The molecule has 0 amide bonds. The fourth-order valence-corrected chi connectivity index (χ4v) is 2.75. The Balaban J connectivity index is 2.13. The molecule has 0 spiro atoms. The minimum absolute atomic E-state index is 0.462. The molecular weight excluding hydrogens is 250 g/mol. The third-order valence-electron chi connectivity index (χ3n) is 4.05. The van der Waals surface area contributed by atoms with Crippen LogP contribution in [-0.4, -0.2) is 37.2 Å². The second-order valence-corrected chi connectivity index (χ2v) is 5.34. The maximum Gasteiger partial charge on any atom is 0.126 e. The Hall–Kier alpha value is -1.73. The molecule has 108 valence electrons. The SMILES string of the molecule is CCN1CCCC(C#N)(Nc2cccc(OC)c2)CC1. The second kappa shape index (κ2) is 6.62. The van der Waals surface area contributed by atoms with Crippen molar-refractivity contribution < 1.29 is 4.74 Å². The van der Waals surface area contributed by atoms with Gasteiger partial charge in [0.05, 0.1) is 13.2 Å². The Kier molecular flexibility index (Phi) is 4.86. The molecule has 1 aliphatic heterocycles. The first-order chi connectivity index (χ1) is 9.71. The van der Waals surface area contributed by atoms with Crippen LogP contribution in [0.15, 0.2) is 24.3 Å². The molecule has 1 saturated heterocycles. The number of rotatable bonds is 4. The zero-order chi connectivity index (χ0) is 14.4. The number of benzene rings is 1. The smallest absolute Gasteiger partial charge is 0.126 e. The van der Waals surface area contributed by atoms with Crippen molar-refractivity contribution in [2.45, 2.75) is 31.7 Å². The van der Waals surface area contributed by atoms with Crippen LogP contribution in [-0.2, 0) is 0 Å². The van der Waals surface area contributed by atoms with Crippen molar-refractivity contribution in [2.75, 3.05) is 32.1 Å². The maximum atomic E-state index is 9.65. The Morgan fingerprint density at radius 3 is 2.95 bits per heavy atom. The van der Waals surface area contributed by atoms with Gasteiger partial charge in [-0.2, -0.15) is 5.26 Å². The zero-order valence-corrected chi connectivity index (χ0v) is 12.4. The quantitative estimate of drug-likeness (QED) is 0.916. The monoisotopic (exact) mass is 273 g/mol. The molecule has 0 saturated carbocycles. The summed E-state index contributed by atoms with van der Waals surface area (Å²) in [6.07, 6.45) is 2.80. The average molecular weight is 273 g/mol. The van der Waals surface area contributed by atoms with E-state index in [2.05, 4.69) is 23.2 Å². The van der Waals surface area contributed by atoms with Gasteiger partial charge < -0.3 is 15.0 Å². The predicted octanol–water partition coefficient (Wildman–Crippen LogP) is 2.88. The van der Waals surface area contributed by atoms with Crippen molar-refractivity contribution >= 4 is 5.69 Å². The van der Waals surface area contributed by atoms with Crippen LogP contribution in [0.4, 0.5) is 5.69 Å². The number of hydrogen-bond donors (Lipinski definition) is 1. The van der Waals surface area contributed by atoms with E-state index in [4.69, 9.17) is 4.74 Å². The van der Waals surface area contributed by atoms with Crippen molar-refractivity contribution in [2.24, 2.45) is 0 Å². The molecule has 20 heavy (non-hydrogen) atoms. The van der Waals surface area contributed by atoms with E-state index in [9.17, 15) is 5.26 Å². The summed E-state index contributed by atoms with van der Waals surface area (Å²) in [6.45, 7) is 5.29. The van der Waals surface area contributed by atoms with Crippen LogP contribution in [0.1, 0.15) is 26.2 Å². The summed E-state index contributed by atoms with van der Waals surface area (Å²) in [5.41, 5.74) is 0.492. The first-order valence-electron chi connectivity index (χ1n) is 7.27. The summed E-state index contributed by atoms with van der Waals surface area (Å²) < 4.78 is 5.24. The number of ether oxygens (including phenoxy) is 1. The zero-order valence-electron chi connectivity index (χ0n) is 12.4. The molecule has 0 radical (unpaired) electrons. The summed E-state index contributed by atoms with van der Waals surface area (Å²) in [7, 11) is 1.66. The van der Waals surface area contributed by atoms with Gasteiger partial charge >= 0.3 is 0 Å². The van der Waals surface area contributed by atoms with Crippen LogP contribution in [0.3, 0.4) is 0 Å². The van der Waals surface area contributed by atoms with Crippen molar-refractivity contribution in [1.82, 2.24) is 4.90 Å². The molecular formula is C16H23N3O. The summed E-state index contributed by atoms with van der Waals surface area (Å²) in [6, 6.07) is 10.3. The molecule has 1 aromatic rings. The first kappa shape index (κ1) is 14.7. The summed E-state index contributed by atoms with van der Waals surface area (Å²) in [5, 5.41) is 13.1. The number of anilines is 1. The van der Waals surface area contributed by atoms with Gasteiger partial charge in [0.15, 0.2) is 0 Å². The lowest BCUT2D eigenvalue weighted by molar-refractivity contribution is 0.297. The van der Waals surface area contributed by atoms with Crippen molar-refractivity contribution in [3.8, 4) is 11.8 Å². The third-order valence-corrected chi connectivity index (χ3v) is 4.05. The van der Waals surface area contributed by atoms with Crippen LogP contribution < -0.4 is 10.1 Å². The topological polar surface area (TPSA) is 48.3 Å². The molecule has 1 aromatic carbocycles. The summed E-state index contributed by atoms with van der Waals surface area (Å²) in [4.78, 5) is 2.41. The normalized spacial score (nSPS) is 23.6.